The van der Waals surface area contributed by atoms with Gasteiger partial charge in [-0.3, -0.25) is 0 Å². The number of unbranched alkanes of at least 4 members (excludes halogenated alkanes) is 2. The highest BCUT2D eigenvalue weighted by molar-refractivity contribution is 7.85. The number of ether oxygens (including phenoxy) is 2. The molecule has 7 heteroatoms. The van der Waals surface area contributed by atoms with Gasteiger partial charge in [-0.05, 0) is 55.0 Å². The summed E-state index contributed by atoms with van der Waals surface area (Å²) in [5, 5.41) is 0. The second-order valence-corrected chi connectivity index (χ2v) is 6.77. The number of hydrogen-bond donors (Lipinski definition) is 0. The summed E-state index contributed by atoms with van der Waals surface area (Å²) in [5.74, 6) is 0.241. The van der Waals surface area contributed by atoms with Gasteiger partial charge in [0.1, 0.15) is 21.6 Å². The normalized spacial score (nSPS) is 11.1. The molecular weight excluding hydrogens is 344 g/mol. The van der Waals surface area contributed by atoms with Crippen LogP contribution in [-0.2, 0) is 10.1 Å². The highest BCUT2D eigenvalue weighted by Crippen LogP contribution is 2.18. The fraction of sp³-hybridized carbons (Fsp3) is 0.278. The maximum absolute atomic E-state index is 12.1. The van der Waals surface area contributed by atoms with E-state index in [0.29, 0.717) is 17.9 Å². The van der Waals surface area contributed by atoms with E-state index in [-0.39, 0.29) is 10.6 Å². The molecule has 0 bridgehead atoms. The molecule has 0 radical (unpaired) electrons. The van der Waals surface area contributed by atoms with Crippen LogP contribution >= 0.6 is 0 Å². The van der Waals surface area contributed by atoms with E-state index in [1.54, 1.807) is 24.3 Å². The Labute approximate surface area is 147 Å². The highest BCUT2D eigenvalue weighted by atomic mass is 32.2. The number of rotatable bonds is 8. The Morgan fingerprint density at radius 2 is 1.56 bits per heavy atom. The van der Waals surface area contributed by atoms with Gasteiger partial charge in [0.05, 0.1) is 17.1 Å². The lowest BCUT2D eigenvalue weighted by Crippen LogP contribution is -2.08. The molecule has 0 fully saturated rings. The molecule has 134 valence electrons. The molecule has 0 amide bonds. The molecule has 0 atom stereocenters. The van der Waals surface area contributed by atoms with E-state index in [0.717, 1.165) is 31.4 Å². The summed E-state index contributed by atoms with van der Waals surface area (Å²) in [7, 11) is -4.52. The van der Waals surface area contributed by atoms with Crippen LogP contribution in [0, 0.1) is 0 Å². The molecule has 0 saturated carbocycles. The van der Waals surface area contributed by atoms with E-state index in [4.69, 9.17) is 9.47 Å². The Balaban J connectivity index is 1.94. The average Bonchev–Trinajstić information content (AvgIpc) is 2.59. The van der Waals surface area contributed by atoms with Gasteiger partial charge in [-0.25, -0.2) is 13.2 Å². The van der Waals surface area contributed by atoms with E-state index in [1.807, 2.05) is 0 Å². The SMILES string of the molecule is CCCCCOc1ccc(C(=O)Oc2ccc(S(=O)(=O)[O-])cc2)cc1. The molecule has 2 rings (SSSR count). The van der Waals surface area contributed by atoms with Gasteiger partial charge in [-0.2, -0.15) is 0 Å². The minimum absolute atomic E-state index is 0.150. The van der Waals surface area contributed by atoms with Crippen LogP contribution in [0.25, 0.3) is 0 Å². The first-order chi connectivity index (χ1) is 11.9. The number of carbonyl (C=O) groups excluding carboxylic acids is 1. The smallest absolute Gasteiger partial charge is 0.343 e. The van der Waals surface area contributed by atoms with Crippen LogP contribution in [-0.4, -0.2) is 25.5 Å². The van der Waals surface area contributed by atoms with Gasteiger partial charge in [0.15, 0.2) is 0 Å². The third-order valence-electron chi connectivity index (χ3n) is 3.43. The molecule has 6 nitrogen and oxygen atoms in total. The molecule has 0 heterocycles. The summed E-state index contributed by atoms with van der Waals surface area (Å²) in [6.45, 7) is 2.75. The Morgan fingerprint density at radius 1 is 0.960 bits per heavy atom. The van der Waals surface area contributed by atoms with E-state index >= 15 is 0 Å². The molecule has 2 aromatic carbocycles. The van der Waals surface area contributed by atoms with Crippen molar-refractivity contribution < 1.29 is 27.2 Å². The van der Waals surface area contributed by atoms with E-state index < -0.39 is 16.1 Å². The van der Waals surface area contributed by atoms with E-state index in [9.17, 15) is 17.8 Å². The summed E-state index contributed by atoms with van der Waals surface area (Å²) < 4.78 is 43.3. The van der Waals surface area contributed by atoms with Crippen molar-refractivity contribution in [3.63, 3.8) is 0 Å². The van der Waals surface area contributed by atoms with Gasteiger partial charge in [0, 0.05) is 0 Å². The third kappa shape index (κ3) is 5.88. The first-order valence-electron chi connectivity index (χ1n) is 7.91. The average molecular weight is 363 g/mol. The van der Waals surface area contributed by atoms with Gasteiger partial charge in [-0.1, -0.05) is 19.8 Å². The zero-order valence-corrected chi connectivity index (χ0v) is 14.6. The molecule has 25 heavy (non-hydrogen) atoms. The van der Waals surface area contributed by atoms with Crippen LogP contribution < -0.4 is 9.47 Å². The Bertz CT molecular complexity index is 794. The predicted molar refractivity (Wildman–Crippen MR) is 90.8 cm³/mol. The largest absolute Gasteiger partial charge is 0.744 e. The van der Waals surface area contributed by atoms with Crippen LogP contribution in [0.15, 0.2) is 53.4 Å². The van der Waals surface area contributed by atoms with Gasteiger partial charge in [0.25, 0.3) is 0 Å². The van der Waals surface area contributed by atoms with Crippen molar-refractivity contribution >= 4 is 16.1 Å². The molecule has 0 unspecified atom stereocenters. The summed E-state index contributed by atoms with van der Waals surface area (Å²) >= 11 is 0. The molecule has 0 aromatic heterocycles. The fourth-order valence-corrected chi connectivity index (χ4v) is 2.54. The summed E-state index contributed by atoms with van der Waals surface area (Å²) in [5.41, 5.74) is 0.335. The maximum atomic E-state index is 12.1. The van der Waals surface area contributed by atoms with E-state index in [1.165, 1.54) is 12.1 Å². The van der Waals surface area contributed by atoms with E-state index in [2.05, 4.69) is 6.92 Å². The van der Waals surface area contributed by atoms with Gasteiger partial charge in [-0.15, -0.1) is 0 Å². The zero-order valence-electron chi connectivity index (χ0n) is 13.8. The highest BCUT2D eigenvalue weighted by Gasteiger charge is 2.09. The van der Waals surface area contributed by atoms with Crippen molar-refractivity contribution in [3.05, 3.63) is 54.1 Å². The van der Waals surface area contributed by atoms with Crippen molar-refractivity contribution in [1.82, 2.24) is 0 Å². The Morgan fingerprint density at radius 3 is 2.12 bits per heavy atom. The molecule has 0 aliphatic carbocycles. The Kier molecular flexibility index (Phi) is 6.55. The van der Waals surface area contributed by atoms with Crippen LogP contribution in [0.5, 0.6) is 11.5 Å². The lowest BCUT2D eigenvalue weighted by atomic mass is 10.2. The first kappa shape index (κ1) is 19.0. The maximum Gasteiger partial charge on any atom is 0.343 e. The first-order valence-corrected chi connectivity index (χ1v) is 9.32. The van der Waals surface area contributed by atoms with Gasteiger partial charge in [0.2, 0.25) is 0 Å². The summed E-state index contributed by atoms with van der Waals surface area (Å²) in [6, 6.07) is 11.3. The Hall–Kier alpha value is -2.38. The van der Waals surface area contributed by atoms with Crippen molar-refractivity contribution in [1.29, 1.82) is 0 Å². The van der Waals surface area contributed by atoms with Crippen LogP contribution in [0.4, 0.5) is 0 Å². The number of esters is 1. The summed E-state index contributed by atoms with van der Waals surface area (Å²) in [6.07, 6.45) is 3.21. The number of hydrogen-bond acceptors (Lipinski definition) is 6. The van der Waals surface area contributed by atoms with Gasteiger partial charge >= 0.3 is 5.97 Å². The number of carbonyl (C=O) groups is 1. The quantitative estimate of drug-likeness (QED) is 0.309. The third-order valence-corrected chi connectivity index (χ3v) is 4.28. The zero-order chi connectivity index (χ0) is 18.3. The second-order valence-electron chi connectivity index (χ2n) is 5.39. The minimum atomic E-state index is -4.52. The monoisotopic (exact) mass is 363 g/mol. The lowest BCUT2D eigenvalue weighted by molar-refractivity contribution is 0.0734. The molecule has 2 aromatic rings. The number of benzene rings is 2. The fourth-order valence-electron chi connectivity index (χ4n) is 2.07. The standard InChI is InChI=1S/C18H20O6S/c1-2-3-4-13-23-15-7-5-14(6-8-15)18(19)24-16-9-11-17(12-10-16)25(20,21)22/h5-12H,2-4,13H2,1H3,(H,20,21,22)/p-1. The molecule has 0 N–H and O–H groups in total. The topological polar surface area (TPSA) is 92.7 Å². The molecule has 0 spiro atoms. The lowest BCUT2D eigenvalue weighted by Gasteiger charge is -2.09. The predicted octanol–water partition coefficient (Wildman–Crippen LogP) is 3.38. The van der Waals surface area contributed by atoms with Crippen molar-refractivity contribution in [3.8, 4) is 11.5 Å². The van der Waals surface area contributed by atoms with Crippen LogP contribution in [0.1, 0.15) is 36.5 Å². The van der Waals surface area contributed by atoms with Crippen molar-refractivity contribution in [2.45, 2.75) is 31.1 Å². The minimum Gasteiger partial charge on any atom is -0.744 e. The van der Waals surface area contributed by atoms with Crippen molar-refractivity contribution in [2.24, 2.45) is 0 Å². The second kappa shape index (κ2) is 8.64. The van der Waals surface area contributed by atoms with Crippen molar-refractivity contribution in [2.75, 3.05) is 6.61 Å². The summed E-state index contributed by atoms with van der Waals surface area (Å²) in [4.78, 5) is 11.7. The molecule has 0 saturated heterocycles. The van der Waals surface area contributed by atoms with Crippen LogP contribution in [0.2, 0.25) is 0 Å². The van der Waals surface area contributed by atoms with Gasteiger partial charge < -0.3 is 14.0 Å². The molecule has 0 aliphatic rings. The molecular formula is C18H19O6S-. The van der Waals surface area contributed by atoms with Crippen LogP contribution in [0.3, 0.4) is 0 Å². The molecule has 0 aliphatic heterocycles.